The first-order chi connectivity index (χ1) is 8.72. The second-order valence-corrected chi connectivity index (χ2v) is 6.13. The smallest absolute Gasteiger partial charge is 0.144 e. The van der Waals surface area contributed by atoms with Crippen molar-refractivity contribution in [2.45, 2.75) is 45.8 Å². The van der Waals surface area contributed by atoms with Crippen LogP contribution in [-0.4, -0.2) is 22.3 Å². The first-order valence-corrected chi connectivity index (χ1v) is 8.54. The summed E-state index contributed by atoms with van der Waals surface area (Å²) in [6, 6.07) is 0. The SMILES string of the molecule is CCCNc1nc(CSCC)nc(CCC)c1Br. The topological polar surface area (TPSA) is 37.8 Å². The normalized spacial score (nSPS) is 10.7. The van der Waals surface area contributed by atoms with E-state index in [1.54, 1.807) is 0 Å². The summed E-state index contributed by atoms with van der Waals surface area (Å²) in [6.45, 7) is 7.44. The summed E-state index contributed by atoms with van der Waals surface area (Å²) in [5.41, 5.74) is 1.12. The van der Waals surface area contributed by atoms with Crippen molar-refractivity contribution in [3.05, 3.63) is 16.0 Å². The molecule has 0 fully saturated rings. The highest BCUT2D eigenvalue weighted by Gasteiger charge is 2.11. The quantitative estimate of drug-likeness (QED) is 0.772. The summed E-state index contributed by atoms with van der Waals surface area (Å²) in [4.78, 5) is 9.25. The Morgan fingerprint density at radius 3 is 2.56 bits per heavy atom. The van der Waals surface area contributed by atoms with Crippen LogP contribution >= 0.6 is 27.7 Å². The number of anilines is 1. The minimum atomic E-state index is 0.890. The van der Waals surface area contributed by atoms with Gasteiger partial charge in [-0.25, -0.2) is 9.97 Å². The lowest BCUT2D eigenvalue weighted by Gasteiger charge is -2.12. The van der Waals surface area contributed by atoms with Crippen molar-refractivity contribution < 1.29 is 0 Å². The molecular weight excluding hydrogens is 310 g/mol. The van der Waals surface area contributed by atoms with E-state index in [0.29, 0.717) is 0 Å². The number of thioether (sulfide) groups is 1. The summed E-state index contributed by atoms with van der Waals surface area (Å²) < 4.78 is 1.03. The van der Waals surface area contributed by atoms with Gasteiger partial charge in [0.25, 0.3) is 0 Å². The molecule has 5 heteroatoms. The van der Waals surface area contributed by atoms with Crippen LogP contribution in [0.1, 0.15) is 45.1 Å². The molecule has 0 amide bonds. The average molecular weight is 332 g/mol. The molecule has 102 valence electrons. The third-order valence-electron chi connectivity index (χ3n) is 2.43. The van der Waals surface area contributed by atoms with Crippen molar-refractivity contribution in [3.8, 4) is 0 Å². The van der Waals surface area contributed by atoms with E-state index < -0.39 is 0 Å². The molecule has 0 bridgehead atoms. The maximum atomic E-state index is 4.65. The molecule has 0 spiro atoms. The Kier molecular flexibility index (Phi) is 7.66. The third-order valence-corrected chi connectivity index (χ3v) is 4.13. The first kappa shape index (κ1) is 15.8. The van der Waals surface area contributed by atoms with Crippen LogP contribution in [-0.2, 0) is 12.2 Å². The number of nitrogens with one attached hydrogen (secondary N) is 1. The number of aryl methyl sites for hydroxylation is 1. The third kappa shape index (κ3) is 4.76. The molecule has 18 heavy (non-hydrogen) atoms. The van der Waals surface area contributed by atoms with Crippen LogP contribution in [0.4, 0.5) is 5.82 Å². The highest BCUT2D eigenvalue weighted by molar-refractivity contribution is 9.10. The minimum Gasteiger partial charge on any atom is -0.369 e. The van der Waals surface area contributed by atoms with Crippen LogP contribution in [0.3, 0.4) is 0 Å². The van der Waals surface area contributed by atoms with Gasteiger partial charge in [0, 0.05) is 6.54 Å². The monoisotopic (exact) mass is 331 g/mol. The van der Waals surface area contributed by atoms with E-state index in [-0.39, 0.29) is 0 Å². The van der Waals surface area contributed by atoms with Crippen LogP contribution in [0.2, 0.25) is 0 Å². The first-order valence-electron chi connectivity index (χ1n) is 6.59. The second-order valence-electron chi connectivity index (χ2n) is 4.06. The van der Waals surface area contributed by atoms with E-state index in [1.165, 1.54) is 0 Å². The van der Waals surface area contributed by atoms with Crippen LogP contribution in [0.15, 0.2) is 4.47 Å². The number of aromatic nitrogens is 2. The van der Waals surface area contributed by atoms with E-state index in [1.807, 2.05) is 11.8 Å². The fraction of sp³-hybridized carbons (Fsp3) is 0.692. The summed E-state index contributed by atoms with van der Waals surface area (Å²) in [6.07, 6.45) is 3.19. The van der Waals surface area contributed by atoms with Gasteiger partial charge in [0.05, 0.1) is 15.9 Å². The van der Waals surface area contributed by atoms with Gasteiger partial charge < -0.3 is 5.32 Å². The molecule has 0 saturated heterocycles. The highest BCUT2D eigenvalue weighted by Crippen LogP contribution is 2.25. The molecule has 0 atom stereocenters. The summed E-state index contributed by atoms with van der Waals surface area (Å²) in [5, 5.41) is 3.37. The lowest BCUT2D eigenvalue weighted by Crippen LogP contribution is -2.08. The maximum Gasteiger partial charge on any atom is 0.144 e. The van der Waals surface area contributed by atoms with Gasteiger partial charge in [0.15, 0.2) is 0 Å². The number of hydrogen-bond donors (Lipinski definition) is 1. The molecule has 1 N–H and O–H groups in total. The van der Waals surface area contributed by atoms with Gasteiger partial charge in [-0.3, -0.25) is 0 Å². The highest BCUT2D eigenvalue weighted by atomic mass is 79.9. The van der Waals surface area contributed by atoms with Crippen molar-refractivity contribution in [2.75, 3.05) is 17.6 Å². The Bertz CT molecular complexity index is 371. The maximum absolute atomic E-state index is 4.65. The number of rotatable bonds is 8. The zero-order valence-electron chi connectivity index (χ0n) is 11.4. The fourth-order valence-electron chi connectivity index (χ4n) is 1.57. The molecular formula is C13H22BrN3S. The number of hydrogen-bond acceptors (Lipinski definition) is 4. The number of halogens is 1. The van der Waals surface area contributed by atoms with E-state index >= 15 is 0 Å². The summed E-state index contributed by atoms with van der Waals surface area (Å²) in [7, 11) is 0. The van der Waals surface area contributed by atoms with Crippen molar-refractivity contribution in [1.29, 1.82) is 0 Å². The lowest BCUT2D eigenvalue weighted by atomic mass is 10.2. The molecule has 0 aliphatic heterocycles. The zero-order chi connectivity index (χ0) is 13.4. The Morgan fingerprint density at radius 2 is 1.94 bits per heavy atom. The Labute approximate surface area is 123 Å². The van der Waals surface area contributed by atoms with Crippen LogP contribution in [0.5, 0.6) is 0 Å². The average Bonchev–Trinajstić information content (AvgIpc) is 2.38. The molecule has 0 aliphatic rings. The molecule has 0 aromatic carbocycles. The van der Waals surface area contributed by atoms with Crippen molar-refractivity contribution >= 4 is 33.5 Å². The van der Waals surface area contributed by atoms with E-state index in [2.05, 4.69) is 52.0 Å². The van der Waals surface area contributed by atoms with Crippen LogP contribution in [0, 0.1) is 0 Å². The Balaban J connectivity index is 2.94. The van der Waals surface area contributed by atoms with E-state index in [9.17, 15) is 0 Å². The van der Waals surface area contributed by atoms with Gasteiger partial charge in [0.1, 0.15) is 11.6 Å². The predicted molar refractivity (Wildman–Crippen MR) is 84.3 cm³/mol. The standard InChI is InChI=1S/C13H22BrN3S/c1-4-7-10-12(14)13(15-8-5-2)17-11(16-10)9-18-6-3/h4-9H2,1-3H3,(H,15,16,17). The molecule has 1 rings (SSSR count). The van der Waals surface area contributed by atoms with Gasteiger partial charge in [0.2, 0.25) is 0 Å². The summed E-state index contributed by atoms with van der Waals surface area (Å²) >= 11 is 5.48. The van der Waals surface area contributed by atoms with Gasteiger partial charge in [-0.1, -0.05) is 27.2 Å². The zero-order valence-corrected chi connectivity index (χ0v) is 13.8. The predicted octanol–water partition coefficient (Wildman–Crippen LogP) is 4.27. The largest absolute Gasteiger partial charge is 0.369 e. The fourth-order valence-corrected chi connectivity index (χ4v) is 2.60. The number of nitrogens with zero attached hydrogens (tertiary/aromatic N) is 2. The Hall–Kier alpha value is -0.290. The van der Waals surface area contributed by atoms with Crippen LogP contribution < -0.4 is 5.32 Å². The molecule has 3 nitrogen and oxygen atoms in total. The molecule has 1 aromatic heterocycles. The Morgan fingerprint density at radius 1 is 1.17 bits per heavy atom. The molecule has 0 saturated carbocycles. The molecule has 0 radical (unpaired) electrons. The van der Waals surface area contributed by atoms with Gasteiger partial charge in [-0.15, -0.1) is 0 Å². The second kappa shape index (κ2) is 8.75. The van der Waals surface area contributed by atoms with E-state index in [0.717, 1.165) is 59.1 Å². The minimum absolute atomic E-state index is 0.890. The van der Waals surface area contributed by atoms with Crippen molar-refractivity contribution in [2.24, 2.45) is 0 Å². The molecule has 0 unspecified atom stereocenters. The summed E-state index contributed by atoms with van der Waals surface area (Å²) in [5.74, 6) is 3.87. The van der Waals surface area contributed by atoms with Gasteiger partial charge in [-0.05, 0) is 34.5 Å². The molecule has 0 aliphatic carbocycles. The molecule has 1 heterocycles. The van der Waals surface area contributed by atoms with E-state index in [4.69, 9.17) is 0 Å². The van der Waals surface area contributed by atoms with Crippen molar-refractivity contribution in [3.63, 3.8) is 0 Å². The van der Waals surface area contributed by atoms with Gasteiger partial charge >= 0.3 is 0 Å². The van der Waals surface area contributed by atoms with Crippen LogP contribution in [0.25, 0.3) is 0 Å². The molecule has 1 aromatic rings. The van der Waals surface area contributed by atoms with Crippen molar-refractivity contribution in [1.82, 2.24) is 9.97 Å². The lowest BCUT2D eigenvalue weighted by molar-refractivity contribution is 0.842. The van der Waals surface area contributed by atoms with Gasteiger partial charge in [-0.2, -0.15) is 11.8 Å².